The SMILES string of the molecule is Cc1cc(C(=O)N2CCC(C)(C(N)=NO)CC2)no1. The molecule has 3 N–H and O–H groups in total. The first kappa shape index (κ1) is 13.4. The van der Waals surface area contributed by atoms with Crippen LogP contribution in [0.1, 0.15) is 36.0 Å². The Morgan fingerprint density at radius 3 is 2.68 bits per heavy atom. The van der Waals surface area contributed by atoms with Gasteiger partial charge in [-0.1, -0.05) is 17.2 Å². The van der Waals surface area contributed by atoms with Crippen molar-refractivity contribution >= 4 is 11.7 Å². The number of likely N-dealkylation sites (tertiary alicyclic amines) is 1. The third kappa shape index (κ3) is 2.54. The van der Waals surface area contributed by atoms with Crippen LogP contribution in [-0.2, 0) is 0 Å². The molecule has 2 rings (SSSR count). The van der Waals surface area contributed by atoms with Gasteiger partial charge in [-0.05, 0) is 19.8 Å². The number of piperidine rings is 1. The smallest absolute Gasteiger partial charge is 0.276 e. The minimum atomic E-state index is -0.356. The molecule has 0 radical (unpaired) electrons. The standard InChI is InChI=1S/C12H18N4O3/c1-8-7-9(15-19-8)10(17)16-5-3-12(2,4-6-16)11(13)14-18/h7,18H,3-6H2,1-2H3,(H2,13,14). The maximum atomic E-state index is 12.2. The maximum Gasteiger partial charge on any atom is 0.276 e. The highest BCUT2D eigenvalue weighted by molar-refractivity contribution is 5.92. The summed E-state index contributed by atoms with van der Waals surface area (Å²) in [4.78, 5) is 13.9. The van der Waals surface area contributed by atoms with Crippen LogP contribution in [0.2, 0.25) is 0 Å². The lowest BCUT2D eigenvalue weighted by atomic mass is 9.79. The second kappa shape index (κ2) is 4.91. The number of nitrogens with two attached hydrogens (primary N) is 1. The summed E-state index contributed by atoms with van der Waals surface area (Å²) in [5, 5.41) is 15.6. The molecule has 7 nitrogen and oxygen atoms in total. The van der Waals surface area contributed by atoms with Gasteiger partial charge in [-0.3, -0.25) is 4.79 Å². The van der Waals surface area contributed by atoms with Gasteiger partial charge in [0.05, 0.1) is 0 Å². The number of amides is 1. The van der Waals surface area contributed by atoms with Crippen LogP contribution in [0.15, 0.2) is 15.7 Å². The lowest BCUT2D eigenvalue weighted by molar-refractivity contribution is 0.0656. The van der Waals surface area contributed by atoms with Crippen molar-refractivity contribution in [1.29, 1.82) is 0 Å². The Morgan fingerprint density at radius 2 is 2.21 bits per heavy atom. The van der Waals surface area contributed by atoms with Crippen LogP contribution in [0, 0.1) is 12.3 Å². The van der Waals surface area contributed by atoms with E-state index in [1.54, 1.807) is 17.9 Å². The number of aryl methyl sites for hydroxylation is 1. The zero-order valence-corrected chi connectivity index (χ0v) is 11.1. The molecule has 0 aromatic carbocycles. The largest absolute Gasteiger partial charge is 0.409 e. The zero-order valence-electron chi connectivity index (χ0n) is 11.1. The van der Waals surface area contributed by atoms with Gasteiger partial charge < -0.3 is 20.4 Å². The van der Waals surface area contributed by atoms with Crippen molar-refractivity contribution in [3.8, 4) is 0 Å². The number of hydrogen-bond donors (Lipinski definition) is 2. The highest BCUT2D eigenvalue weighted by atomic mass is 16.5. The van der Waals surface area contributed by atoms with Crippen LogP contribution in [0.3, 0.4) is 0 Å². The van der Waals surface area contributed by atoms with Crippen molar-refractivity contribution in [2.75, 3.05) is 13.1 Å². The van der Waals surface area contributed by atoms with Gasteiger partial charge in [0, 0.05) is 24.6 Å². The highest BCUT2D eigenvalue weighted by Gasteiger charge is 2.36. The fourth-order valence-electron chi connectivity index (χ4n) is 2.21. The molecule has 19 heavy (non-hydrogen) atoms. The van der Waals surface area contributed by atoms with Gasteiger partial charge in [0.2, 0.25) is 0 Å². The molecule has 0 spiro atoms. The minimum Gasteiger partial charge on any atom is -0.409 e. The van der Waals surface area contributed by atoms with E-state index >= 15 is 0 Å². The van der Waals surface area contributed by atoms with Crippen LogP contribution in [-0.4, -0.2) is 40.1 Å². The van der Waals surface area contributed by atoms with Gasteiger partial charge in [-0.2, -0.15) is 0 Å². The first-order valence-electron chi connectivity index (χ1n) is 6.17. The summed E-state index contributed by atoms with van der Waals surface area (Å²) < 4.78 is 4.90. The van der Waals surface area contributed by atoms with Crippen molar-refractivity contribution in [2.24, 2.45) is 16.3 Å². The van der Waals surface area contributed by atoms with Crippen molar-refractivity contribution in [3.05, 3.63) is 17.5 Å². The van der Waals surface area contributed by atoms with E-state index in [4.69, 9.17) is 15.5 Å². The van der Waals surface area contributed by atoms with Gasteiger partial charge >= 0.3 is 0 Å². The molecule has 1 aliphatic rings. The van der Waals surface area contributed by atoms with E-state index in [-0.39, 0.29) is 17.2 Å². The Labute approximate surface area is 111 Å². The third-order valence-corrected chi connectivity index (χ3v) is 3.73. The Hall–Kier alpha value is -2.05. The molecule has 1 aliphatic heterocycles. The van der Waals surface area contributed by atoms with Gasteiger partial charge in [0.15, 0.2) is 5.69 Å². The average molecular weight is 266 g/mol. The van der Waals surface area contributed by atoms with Gasteiger partial charge in [0.25, 0.3) is 5.91 Å². The number of carbonyl (C=O) groups excluding carboxylic acids is 1. The normalized spacial score (nSPS) is 19.5. The van der Waals surface area contributed by atoms with E-state index in [2.05, 4.69) is 10.3 Å². The average Bonchev–Trinajstić information content (AvgIpc) is 2.84. The van der Waals surface area contributed by atoms with Crippen LogP contribution < -0.4 is 5.73 Å². The highest BCUT2D eigenvalue weighted by Crippen LogP contribution is 2.31. The maximum absolute atomic E-state index is 12.2. The van der Waals surface area contributed by atoms with E-state index in [9.17, 15) is 4.79 Å². The third-order valence-electron chi connectivity index (χ3n) is 3.73. The van der Waals surface area contributed by atoms with Gasteiger partial charge in [0.1, 0.15) is 11.6 Å². The molecule has 0 bridgehead atoms. The summed E-state index contributed by atoms with van der Waals surface area (Å²) >= 11 is 0. The molecular formula is C12H18N4O3. The van der Waals surface area contributed by atoms with Gasteiger partial charge in [-0.15, -0.1) is 0 Å². The molecule has 1 aromatic rings. The number of hydrogen-bond acceptors (Lipinski definition) is 5. The number of aromatic nitrogens is 1. The number of rotatable bonds is 2. The monoisotopic (exact) mass is 266 g/mol. The molecule has 1 aromatic heterocycles. The fourth-order valence-corrected chi connectivity index (χ4v) is 2.21. The van der Waals surface area contributed by atoms with Crippen molar-refractivity contribution < 1.29 is 14.5 Å². The minimum absolute atomic E-state index is 0.140. The predicted octanol–water partition coefficient (Wildman–Crippen LogP) is 0.972. The Balaban J connectivity index is 2.02. The number of nitrogens with zero attached hydrogens (tertiary/aromatic N) is 3. The molecular weight excluding hydrogens is 248 g/mol. The lowest BCUT2D eigenvalue weighted by Crippen LogP contribution is -2.47. The summed E-state index contributed by atoms with van der Waals surface area (Å²) in [6.07, 6.45) is 1.32. The molecule has 0 unspecified atom stereocenters. The summed E-state index contributed by atoms with van der Waals surface area (Å²) in [5.74, 6) is 0.692. The Kier molecular flexibility index (Phi) is 3.46. The van der Waals surface area contributed by atoms with Crippen molar-refractivity contribution in [2.45, 2.75) is 26.7 Å². The van der Waals surface area contributed by atoms with E-state index in [0.29, 0.717) is 37.4 Å². The lowest BCUT2D eigenvalue weighted by Gasteiger charge is -2.38. The summed E-state index contributed by atoms with van der Waals surface area (Å²) in [6.45, 7) is 4.79. The second-order valence-corrected chi connectivity index (χ2v) is 5.16. The topological polar surface area (TPSA) is 105 Å². The van der Waals surface area contributed by atoms with E-state index in [1.807, 2.05) is 6.92 Å². The number of amidine groups is 1. The second-order valence-electron chi connectivity index (χ2n) is 5.16. The van der Waals surface area contributed by atoms with Crippen molar-refractivity contribution in [1.82, 2.24) is 10.1 Å². The Morgan fingerprint density at radius 1 is 1.58 bits per heavy atom. The van der Waals surface area contributed by atoms with Crippen LogP contribution >= 0.6 is 0 Å². The van der Waals surface area contributed by atoms with E-state index in [0.717, 1.165) is 0 Å². The fraction of sp³-hybridized carbons (Fsp3) is 0.583. The quantitative estimate of drug-likeness (QED) is 0.359. The molecule has 2 heterocycles. The van der Waals surface area contributed by atoms with Crippen LogP contribution in [0.5, 0.6) is 0 Å². The summed E-state index contributed by atoms with van der Waals surface area (Å²) in [7, 11) is 0. The van der Waals surface area contributed by atoms with Crippen molar-refractivity contribution in [3.63, 3.8) is 0 Å². The summed E-state index contributed by atoms with van der Waals surface area (Å²) in [6, 6.07) is 1.62. The van der Waals surface area contributed by atoms with Crippen LogP contribution in [0.4, 0.5) is 0 Å². The van der Waals surface area contributed by atoms with E-state index < -0.39 is 0 Å². The Bertz CT molecular complexity index is 501. The summed E-state index contributed by atoms with van der Waals surface area (Å²) in [5.41, 5.74) is 5.66. The first-order chi connectivity index (χ1) is 8.96. The molecule has 0 atom stereocenters. The molecule has 1 amide bonds. The molecule has 0 aliphatic carbocycles. The van der Waals surface area contributed by atoms with E-state index in [1.165, 1.54) is 0 Å². The zero-order chi connectivity index (χ0) is 14.0. The van der Waals surface area contributed by atoms with Crippen LogP contribution in [0.25, 0.3) is 0 Å². The molecule has 104 valence electrons. The molecule has 1 saturated heterocycles. The number of carbonyl (C=O) groups is 1. The van der Waals surface area contributed by atoms with Gasteiger partial charge in [-0.25, -0.2) is 0 Å². The predicted molar refractivity (Wildman–Crippen MR) is 67.9 cm³/mol. The molecule has 1 fully saturated rings. The molecule has 0 saturated carbocycles. The molecule has 7 heteroatoms. The number of oxime groups is 1. The first-order valence-corrected chi connectivity index (χ1v) is 6.17.